The lowest BCUT2D eigenvalue weighted by molar-refractivity contribution is -0.124. The molecule has 2 rings (SSSR count). The molecule has 3 heteroatoms. The summed E-state index contributed by atoms with van der Waals surface area (Å²) in [5, 5.41) is 12.9. The molecule has 22 heavy (non-hydrogen) atoms. The first-order valence-corrected chi connectivity index (χ1v) is 8.62. The number of aliphatic hydroxyl groups excluding tert-OH is 1. The minimum atomic E-state index is -0.185. The van der Waals surface area contributed by atoms with Crippen molar-refractivity contribution >= 4 is 5.91 Å². The number of carbonyl (C=O) groups is 1. The first-order chi connectivity index (χ1) is 10.6. The van der Waals surface area contributed by atoms with E-state index in [0.29, 0.717) is 18.4 Å². The highest BCUT2D eigenvalue weighted by molar-refractivity contribution is 5.83. The maximum absolute atomic E-state index is 12.7. The molecule has 1 aromatic rings. The quantitative estimate of drug-likeness (QED) is 0.845. The van der Waals surface area contributed by atoms with Crippen LogP contribution in [0, 0.1) is 11.8 Å². The van der Waals surface area contributed by atoms with E-state index >= 15 is 0 Å². The monoisotopic (exact) mass is 303 g/mol. The number of hydrogen-bond donors (Lipinski definition) is 2. The second-order valence-corrected chi connectivity index (χ2v) is 6.71. The molecule has 0 radical (unpaired) electrons. The van der Waals surface area contributed by atoms with Crippen LogP contribution in [0.15, 0.2) is 30.3 Å². The van der Waals surface area contributed by atoms with Gasteiger partial charge in [-0.2, -0.15) is 0 Å². The zero-order valence-electron chi connectivity index (χ0n) is 13.8. The Kier molecular flexibility index (Phi) is 6.44. The van der Waals surface area contributed by atoms with E-state index in [2.05, 4.69) is 19.2 Å². The van der Waals surface area contributed by atoms with Gasteiger partial charge in [0, 0.05) is 6.54 Å². The largest absolute Gasteiger partial charge is 0.393 e. The number of hydrogen-bond acceptors (Lipinski definition) is 2. The summed E-state index contributed by atoms with van der Waals surface area (Å²) in [7, 11) is 0. The third-order valence-electron chi connectivity index (χ3n) is 4.97. The third-order valence-corrected chi connectivity index (χ3v) is 4.97. The Hall–Kier alpha value is -1.35. The number of aliphatic hydroxyl groups is 1. The van der Waals surface area contributed by atoms with Gasteiger partial charge in [0.25, 0.3) is 0 Å². The van der Waals surface area contributed by atoms with Crippen LogP contribution in [0.2, 0.25) is 0 Å². The van der Waals surface area contributed by atoms with Crippen LogP contribution in [0.5, 0.6) is 0 Å². The lowest BCUT2D eigenvalue weighted by atomic mass is 9.84. The summed E-state index contributed by atoms with van der Waals surface area (Å²) in [4.78, 5) is 12.7. The second kappa shape index (κ2) is 8.33. The fourth-order valence-electron chi connectivity index (χ4n) is 3.44. The molecule has 1 fully saturated rings. The first kappa shape index (κ1) is 17.0. The highest BCUT2D eigenvalue weighted by atomic mass is 16.3. The molecule has 0 saturated heterocycles. The predicted molar refractivity (Wildman–Crippen MR) is 89.6 cm³/mol. The van der Waals surface area contributed by atoms with Crippen molar-refractivity contribution in [3.63, 3.8) is 0 Å². The number of nitrogens with one attached hydrogen (secondary N) is 1. The topological polar surface area (TPSA) is 49.3 Å². The van der Waals surface area contributed by atoms with E-state index in [4.69, 9.17) is 0 Å². The highest BCUT2D eigenvalue weighted by Crippen LogP contribution is 2.28. The molecule has 1 saturated carbocycles. The van der Waals surface area contributed by atoms with Crippen molar-refractivity contribution in [3.05, 3.63) is 35.9 Å². The molecular weight excluding hydrogens is 274 g/mol. The first-order valence-electron chi connectivity index (χ1n) is 8.62. The van der Waals surface area contributed by atoms with Gasteiger partial charge in [0.2, 0.25) is 5.91 Å². The van der Waals surface area contributed by atoms with Crippen molar-refractivity contribution < 1.29 is 9.90 Å². The molecule has 0 heterocycles. The Balaban J connectivity index is 1.97. The van der Waals surface area contributed by atoms with Gasteiger partial charge in [0.05, 0.1) is 12.0 Å². The Morgan fingerprint density at radius 2 is 2.05 bits per heavy atom. The van der Waals surface area contributed by atoms with E-state index in [0.717, 1.165) is 37.7 Å². The summed E-state index contributed by atoms with van der Waals surface area (Å²) in [6.45, 7) is 4.96. The smallest absolute Gasteiger partial charge is 0.227 e. The molecule has 2 N–H and O–H groups in total. The van der Waals surface area contributed by atoms with Crippen molar-refractivity contribution in [2.45, 2.75) is 58.0 Å². The zero-order chi connectivity index (χ0) is 15.9. The van der Waals surface area contributed by atoms with Crippen molar-refractivity contribution in [1.82, 2.24) is 5.32 Å². The summed E-state index contributed by atoms with van der Waals surface area (Å²) in [6, 6.07) is 10.1. The van der Waals surface area contributed by atoms with E-state index in [9.17, 15) is 9.90 Å². The molecule has 0 aromatic heterocycles. The number of rotatable bonds is 6. The highest BCUT2D eigenvalue weighted by Gasteiger charge is 2.27. The van der Waals surface area contributed by atoms with Gasteiger partial charge in [-0.3, -0.25) is 4.79 Å². The van der Waals surface area contributed by atoms with E-state index in [1.807, 2.05) is 30.3 Å². The van der Waals surface area contributed by atoms with Gasteiger partial charge in [0.15, 0.2) is 0 Å². The molecule has 3 nitrogen and oxygen atoms in total. The molecule has 1 aromatic carbocycles. The maximum Gasteiger partial charge on any atom is 0.227 e. The molecule has 122 valence electrons. The molecular formula is C19H29NO2. The minimum absolute atomic E-state index is 0.0836. The van der Waals surface area contributed by atoms with Gasteiger partial charge >= 0.3 is 0 Å². The molecule has 0 bridgehead atoms. The maximum atomic E-state index is 12.7. The van der Waals surface area contributed by atoms with Crippen LogP contribution in [0.4, 0.5) is 0 Å². The third kappa shape index (κ3) is 4.57. The summed E-state index contributed by atoms with van der Waals surface area (Å²) < 4.78 is 0. The van der Waals surface area contributed by atoms with Crippen LogP contribution < -0.4 is 5.32 Å². The van der Waals surface area contributed by atoms with Crippen LogP contribution in [-0.2, 0) is 4.79 Å². The predicted octanol–water partition coefficient (Wildman–Crippen LogP) is 3.48. The van der Waals surface area contributed by atoms with Crippen LogP contribution in [0.25, 0.3) is 0 Å². The van der Waals surface area contributed by atoms with Crippen LogP contribution >= 0.6 is 0 Å². The van der Waals surface area contributed by atoms with Crippen LogP contribution in [-0.4, -0.2) is 23.7 Å². The van der Waals surface area contributed by atoms with Crippen molar-refractivity contribution in [3.8, 4) is 0 Å². The second-order valence-electron chi connectivity index (χ2n) is 6.71. The van der Waals surface area contributed by atoms with Crippen molar-refractivity contribution in [2.24, 2.45) is 11.8 Å². The van der Waals surface area contributed by atoms with Gasteiger partial charge in [-0.05, 0) is 36.7 Å². The standard InChI is InChI=1S/C19H29NO2/c1-3-14(2)18(16-9-5-4-6-10-16)19(22)20-13-15-8-7-11-17(21)12-15/h4-6,9-10,14-15,17-18,21H,3,7-8,11-13H2,1-2H3,(H,20,22). The Morgan fingerprint density at radius 1 is 1.32 bits per heavy atom. The van der Waals surface area contributed by atoms with Gasteiger partial charge in [-0.15, -0.1) is 0 Å². The molecule has 1 aliphatic carbocycles. The minimum Gasteiger partial charge on any atom is -0.393 e. The van der Waals surface area contributed by atoms with Crippen LogP contribution in [0.3, 0.4) is 0 Å². The molecule has 4 unspecified atom stereocenters. The van der Waals surface area contributed by atoms with E-state index in [-0.39, 0.29) is 17.9 Å². The van der Waals surface area contributed by atoms with E-state index in [1.165, 1.54) is 0 Å². The molecule has 1 aliphatic rings. The summed E-state index contributed by atoms with van der Waals surface area (Å²) in [6.07, 6.45) is 4.69. The van der Waals surface area contributed by atoms with E-state index < -0.39 is 0 Å². The number of benzene rings is 1. The normalized spacial score (nSPS) is 24.5. The number of carbonyl (C=O) groups excluding carboxylic acids is 1. The average Bonchev–Trinajstić information content (AvgIpc) is 2.54. The number of amides is 1. The van der Waals surface area contributed by atoms with Gasteiger partial charge < -0.3 is 10.4 Å². The SMILES string of the molecule is CCC(C)C(C(=O)NCC1CCCC(O)C1)c1ccccc1. The summed E-state index contributed by atoms with van der Waals surface area (Å²) >= 11 is 0. The molecule has 0 aliphatic heterocycles. The van der Waals surface area contributed by atoms with Gasteiger partial charge in [-0.25, -0.2) is 0 Å². The van der Waals surface area contributed by atoms with Crippen LogP contribution in [0.1, 0.15) is 57.4 Å². The van der Waals surface area contributed by atoms with Gasteiger partial charge in [-0.1, -0.05) is 57.0 Å². The fraction of sp³-hybridized carbons (Fsp3) is 0.632. The Morgan fingerprint density at radius 3 is 2.68 bits per heavy atom. The van der Waals surface area contributed by atoms with Crippen molar-refractivity contribution in [2.75, 3.05) is 6.54 Å². The van der Waals surface area contributed by atoms with Gasteiger partial charge in [0.1, 0.15) is 0 Å². The lowest BCUT2D eigenvalue weighted by Gasteiger charge is -2.28. The summed E-state index contributed by atoms with van der Waals surface area (Å²) in [5.74, 6) is 0.778. The zero-order valence-corrected chi connectivity index (χ0v) is 13.8. The van der Waals surface area contributed by atoms with E-state index in [1.54, 1.807) is 0 Å². The van der Waals surface area contributed by atoms with Crippen molar-refractivity contribution in [1.29, 1.82) is 0 Å². The lowest BCUT2D eigenvalue weighted by Crippen LogP contribution is -2.37. The average molecular weight is 303 g/mol. The molecule has 0 spiro atoms. The molecule has 1 amide bonds. The fourth-order valence-corrected chi connectivity index (χ4v) is 3.44. The summed E-state index contributed by atoms with van der Waals surface area (Å²) in [5.41, 5.74) is 1.10. The Bertz CT molecular complexity index is 460. The Labute approximate surface area is 134 Å². The molecule has 4 atom stereocenters.